The SMILES string of the molecule is C=C(/C=C/CCC/C=C\C=C\C)NCC(C)C. The van der Waals surface area contributed by atoms with Crippen molar-refractivity contribution < 1.29 is 0 Å². The highest BCUT2D eigenvalue weighted by Gasteiger charge is 1.91. The summed E-state index contributed by atoms with van der Waals surface area (Å²) in [5.74, 6) is 0.664. The first kappa shape index (κ1) is 15.8. The Bertz CT molecular complexity index is 269. The summed E-state index contributed by atoms with van der Waals surface area (Å²) >= 11 is 0. The van der Waals surface area contributed by atoms with Gasteiger partial charge in [0.2, 0.25) is 0 Å². The molecule has 0 heterocycles. The molecular formula is C16H27N. The van der Waals surface area contributed by atoms with Gasteiger partial charge in [0, 0.05) is 12.2 Å². The third-order valence-corrected chi connectivity index (χ3v) is 2.24. The second kappa shape index (κ2) is 11.3. The second-order valence-corrected chi connectivity index (χ2v) is 4.59. The molecule has 0 radical (unpaired) electrons. The number of nitrogens with one attached hydrogen (secondary N) is 1. The summed E-state index contributed by atoms with van der Waals surface area (Å²) in [5, 5.41) is 3.30. The predicted octanol–water partition coefficient (Wildman–Crippen LogP) is 4.60. The normalized spacial score (nSPS) is 12.2. The largest absolute Gasteiger partial charge is 0.385 e. The van der Waals surface area contributed by atoms with E-state index in [4.69, 9.17) is 0 Å². The van der Waals surface area contributed by atoms with Crippen molar-refractivity contribution in [3.05, 3.63) is 48.7 Å². The third kappa shape index (κ3) is 12.7. The highest BCUT2D eigenvalue weighted by Crippen LogP contribution is 2.00. The van der Waals surface area contributed by atoms with Crippen molar-refractivity contribution in [1.29, 1.82) is 0 Å². The fourth-order valence-electron chi connectivity index (χ4n) is 1.26. The second-order valence-electron chi connectivity index (χ2n) is 4.59. The van der Waals surface area contributed by atoms with Crippen molar-refractivity contribution in [1.82, 2.24) is 5.32 Å². The zero-order valence-electron chi connectivity index (χ0n) is 11.6. The summed E-state index contributed by atoms with van der Waals surface area (Å²) in [6, 6.07) is 0. The molecule has 0 aromatic rings. The van der Waals surface area contributed by atoms with E-state index < -0.39 is 0 Å². The number of rotatable bonds is 9. The van der Waals surface area contributed by atoms with Crippen molar-refractivity contribution in [3.63, 3.8) is 0 Å². The first-order chi connectivity index (χ1) is 8.16. The molecule has 1 N–H and O–H groups in total. The number of hydrogen-bond acceptors (Lipinski definition) is 1. The molecular weight excluding hydrogens is 206 g/mol. The number of allylic oxidation sites excluding steroid dienone is 6. The van der Waals surface area contributed by atoms with Gasteiger partial charge in [-0.05, 0) is 38.2 Å². The van der Waals surface area contributed by atoms with Crippen LogP contribution in [-0.4, -0.2) is 6.54 Å². The predicted molar refractivity (Wildman–Crippen MR) is 78.9 cm³/mol. The lowest BCUT2D eigenvalue weighted by molar-refractivity contribution is 0.602. The number of unbranched alkanes of at least 4 members (excludes halogenated alkanes) is 2. The maximum Gasteiger partial charge on any atom is 0.0263 e. The molecule has 1 nitrogen and oxygen atoms in total. The minimum Gasteiger partial charge on any atom is -0.385 e. The summed E-state index contributed by atoms with van der Waals surface area (Å²) in [6.07, 6.45) is 16.1. The van der Waals surface area contributed by atoms with Crippen LogP contribution in [0, 0.1) is 5.92 Å². The van der Waals surface area contributed by atoms with Crippen LogP contribution in [0.25, 0.3) is 0 Å². The van der Waals surface area contributed by atoms with Gasteiger partial charge in [0.05, 0.1) is 0 Å². The molecule has 0 aliphatic carbocycles. The van der Waals surface area contributed by atoms with E-state index in [1.165, 1.54) is 6.42 Å². The lowest BCUT2D eigenvalue weighted by Crippen LogP contribution is -2.17. The molecule has 0 aromatic carbocycles. The van der Waals surface area contributed by atoms with Crippen molar-refractivity contribution in [2.45, 2.75) is 40.0 Å². The van der Waals surface area contributed by atoms with Crippen LogP contribution in [0.15, 0.2) is 48.7 Å². The Morgan fingerprint density at radius 3 is 2.53 bits per heavy atom. The third-order valence-electron chi connectivity index (χ3n) is 2.24. The summed E-state index contributed by atoms with van der Waals surface area (Å²) in [7, 11) is 0. The lowest BCUT2D eigenvalue weighted by atomic mass is 10.2. The van der Waals surface area contributed by atoms with Crippen molar-refractivity contribution in [2.75, 3.05) is 6.54 Å². The van der Waals surface area contributed by atoms with Gasteiger partial charge in [0.15, 0.2) is 0 Å². The molecule has 0 aliphatic heterocycles. The quantitative estimate of drug-likeness (QED) is 0.453. The molecule has 0 aromatic heterocycles. The van der Waals surface area contributed by atoms with Gasteiger partial charge in [-0.1, -0.05) is 50.8 Å². The van der Waals surface area contributed by atoms with Gasteiger partial charge < -0.3 is 5.32 Å². The first-order valence-corrected chi connectivity index (χ1v) is 6.54. The van der Waals surface area contributed by atoms with Gasteiger partial charge in [-0.3, -0.25) is 0 Å². The molecule has 0 fully saturated rings. The van der Waals surface area contributed by atoms with E-state index in [0.29, 0.717) is 5.92 Å². The van der Waals surface area contributed by atoms with Gasteiger partial charge in [-0.15, -0.1) is 0 Å². The Balaban J connectivity index is 3.50. The topological polar surface area (TPSA) is 12.0 Å². The van der Waals surface area contributed by atoms with Crippen LogP contribution in [0.2, 0.25) is 0 Å². The van der Waals surface area contributed by atoms with E-state index >= 15 is 0 Å². The molecule has 0 bridgehead atoms. The summed E-state index contributed by atoms with van der Waals surface area (Å²) in [5.41, 5.74) is 1.02. The van der Waals surface area contributed by atoms with E-state index in [2.05, 4.69) is 56.1 Å². The fourth-order valence-corrected chi connectivity index (χ4v) is 1.26. The Kier molecular flexibility index (Phi) is 10.4. The highest BCUT2D eigenvalue weighted by atomic mass is 14.9. The maximum absolute atomic E-state index is 3.96. The molecule has 17 heavy (non-hydrogen) atoms. The van der Waals surface area contributed by atoms with Gasteiger partial charge in [-0.2, -0.15) is 0 Å². The molecule has 0 aliphatic rings. The fraction of sp³-hybridized carbons (Fsp3) is 0.500. The highest BCUT2D eigenvalue weighted by molar-refractivity contribution is 5.12. The molecule has 0 spiro atoms. The maximum atomic E-state index is 3.96. The number of hydrogen-bond donors (Lipinski definition) is 1. The van der Waals surface area contributed by atoms with Crippen molar-refractivity contribution in [2.24, 2.45) is 5.92 Å². The van der Waals surface area contributed by atoms with Gasteiger partial charge in [0.1, 0.15) is 0 Å². The summed E-state index contributed by atoms with van der Waals surface area (Å²) < 4.78 is 0. The summed E-state index contributed by atoms with van der Waals surface area (Å²) in [6.45, 7) is 11.4. The minimum absolute atomic E-state index is 0.664. The minimum atomic E-state index is 0.664. The zero-order valence-corrected chi connectivity index (χ0v) is 11.6. The van der Waals surface area contributed by atoms with E-state index in [9.17, 15) is 0 Å². The van der Waals surface area contributed by atoms with Crippen molar-refractivity contribution >= 4 is 0 Å². The molecule has 1 heteroatoms. The van der Waals surface area contributed by atoms with Crippen LogP contribution in [-0.2, 0) is 0 Å². The van der Waals surface area contributed by atoms with E-state index in [1.54, 1.807) is 0 Å². The smallest absolute Gasteiger partial charge is 0.0263 e. The molecule has 0 saturated heterocycles. The van der Waals surface area contributed by atoms with Gasteiger partial charge >= 0.3 is 0 Å². The van der Waals surface area contributed by atoms with Crippen LogP contribution in [0.3, 0.4) is 0 Å². The van der Waals surface area contributed by atoms with Crippen molar-refractivity contribution in [3.8, 4) is 0 Å². The molecule has 96 valence electrons. The van der Waals surface area contributed by atoms with Gasteiger partial charge in [-0.25, -0.2) is 0 Å². The lowest BCUT2D eigenvalue weighted by Gasteiger charge is -2.07. The molecule has 0 atom stereocenters. The van der Waals surface area contributed by atoms with Crippen LogP contribution >= 0.6 is 0 Å². The monoisotopic (exact) mass is 233 g/mol. The molecule has 0 amide bonds. The van der Waals surface area contributed by atoms with Crippen LogP contribution in [0.4, 0.5) is 0 Å². The van der Waals surface area contributed by atoms with E-state index in [1.807, 2.05) is 13.0 Å². The first-order valence-electron chi connectivity index (χ1n) is 6.54. The standard InChI is InChI=1S/C16H27N/c1-5-6-7-8-9-10-11-12-13-16(4)17-14-15(2)3/h5-8,12-13,15,17H,4,9-11,14H2,1-3H3/b6-5+,8-7-,13-12+. The Morgan fingerprint density at radius 2 is 1.88 bits per heavy atom. The van der Waals surface area contributed by atoms with Crippen LogP contribution in [0.5, 0.6) is 0 Å². The average Bonchev–Trinajstić information content (AvgIpc) is 2.30. The van der Waals surface area contributed by atoms with E-state index in [-0.39, 0.29) is 0 Å². The Hall–Kier alpha value is -1.24. The Labute approximate surface area is 107 Å². The average molecular weight is 233 g/mol. The summed E-state index contributed by atoms with van der Waals surface area (Å²) in [4.78, 5) is 0. The van der Waals surface area contributed by atoms with Crippen LogP contribution < -0.4 is 5.32 Å². The van der Waals surface area contributed by atoms with E-state index in [0.717, 1.165) is 25.1 Å². The van der Waals surface area contributed by atoms with Crippen LogP contribution in [0.1, 0.15) is 40.0 Å². The molecule has 0 unspecified atom stereocenters. The van der Waals surface area contributed by atoms with Gasteiger partial charge in [0.25, 0.3) is 0 Å². The zero-order chi connectivity index (χ0) is 12.9. The molecule has 0 saturated carbocycles. The Morgan fingerprint density at radius 1 is 1.18 bits per heavy atom. The molecule has 0 rings (SSSR count).